The zero-order valence-corrected chi connectivity index (χ0v) is 16.9. The van der Waals surface area contributed by atoms with Gasteiger partial charge in [-0.3, -0.25) is 24.0 Å². The lowest BCUT2D eigenvalue weighted by atomic mass is 10.1. The predicted molar refractivity (Wildman–Crippen MR) is 106 cm³/mol. The number of rotatable bonds is 6. The van der Waals surface area contributed by atoms with E-state index in [0.29, 0.717) is 12.2 Å². The van der Waals surface area contributed by atoms with Gasteiger partial charge in [0, 0.05) is 5.56 Å². The van der Waals surface area contributed by atoms with E-state index < -0.39 is 27.6 Å². The van der Waals surface area contributed by atoms with Gasteiger partial charge in [-0.25, -0.2) is 4.39 Å². The highest BCUT2D eigenvalue weighted by atomic mass is 32.3. The van der Waals surface area contributed by atoms with Gasteiger partial charge in [-0.05, 0) is 30.2 Å². The molecule has 4 N–H and O–H groups in total. The van der Waals surface area contributed by atoms with Crippen LogP contribution in [0.25, 0.3) is 0 Å². The Morgan fingerprint density at radius 3 is 2.23 bits per heavy atom. The molecule has 2 aromatic carbocycles. The van der Waals surface area contributed by atoms with E-state index in [1.807, 2.05) is 0 Å². The zero-order valence-electron chi connectivity index (χ0n) is 15.3. The van der Waals surface area contributed by atoms with Crippen LogP contribution >= 0.6 is 11.8 Å². The molecular weight excluding hydrogens is 441 g/mol. The molecule has 0 aromatic heterocycles. The van der Waals surface area contributed by atoms with Gasteiger partial charge in [0.05, 0.1) is 5.25 Å². The minimum atomic E-state index is -4.67. The smallest absolute Gasteiger partial charge is 0.394 e. The Hall–Kier alpha value is -2.51. The molecule has 1 fully saturated rings. The van der Waals surface area contributed by atoms with Crippen LogP contribution in [-0.4, -0.2) is 45.6 Å². The van der Waals surface area contributed by atoms with Crippen LogP contribution in [0.4, 0.5) is 9.18 Å². The number of carbonyl (C=O) groups excluding carboxylic acids is 2. The van der Waals surface area contributed by atoms with Gasteiger partial charge in [0.15, 0.2) is 0 Å². The molecule has 0 radical (unpaired) electrons. The second-order valence-electron chi connectivity index (χ2n) is 6.03. The number of carbonyl (C=O) groups is 2. The Labute approximate surface area is 175 Å². The van der Waals surface area contributed by atoms with Crippen molar-refractivity contribution >= 4 is 33.3 Å². The first-order valence-corrected chi connectivity index (χ1v) is 10.7. The van der Waals surface area contributed by atoms with Crippen LogP contribution in [0.1, 0.15) is 17.2 Å². The van der Waals surface area contributed by atoms with Crippen molar-refractivity contribution in [2.75, 3.05) is 6.61 Å². The Kier molecular flexibility index (Phi) is 8.32. The van der Waals surface area contributed by atoms with Gasteiger partial charge in [-0.2, -0.15) is 8.42 Å². The number of hydrogen-bond acceptors (Lipinski definition) is 7. The number of aliphatic hydroxyl groups excluding tert-OH is 1. The van der Waals surface area contributed by atoms with Crippen molar-refractivity contribution in [1.29, 1.82) is 0 Å². The molecule has 1 aliphatic heterocycles. The van der Waals surface area contributed by atoms with Gasteiger partial charge < -0.3 is 9.84 Å². The molecule has 162 valence electrons. The molecule has 1 saturated heterocycles. The average Bonchev–Trinajstić information content (AvgIpc) is 2.97. The topological polar surface area (TPSA) is 150 Å². The number of halogens is 1. The summed E-state index contributed by atoms with van der Waals surface area (Å²) in [4.78, 5) is 22.7. The molecule has 0 spiro atoms. The van der Waals surface area contributed by atoms with E-state index in [-0.39, 0.29) is 23.3 Å². The quantitative estimate of drug-likeness (QED) is 0.477. The summed E-state index contributed by atoms with van der Waals surface area (Å²) >= 11 is 0.986. The van der Waals surface area contributed by atoms with Gasteiger partial charge >= 0.3 is 10.4 Å². The first kappa shape index (κ1) is 23.8. The zero-order chi connectivity index (χ0) is 22.3. The number of amides is 2. The van der Waals surface area contributed by atoms with Crippen molar-refractivity contribution in [3.05, 3.63) is 65.5 Å². The summed E-state index contributed by atoms with van der Waals surface area (Å²) in [7, 11) is -4.67. The lowest BCUT2D eigenvalue weighted by Gasteiger charge is -2.14. The van der Waals surface area contributed by atoms with Crippen molar-refractivity contribution < 1.29 is 41.3 Å². The third kappa shape index (κ3) is 8.08. The molecule has 30 heavy (non-hydrogen) atoms. The third-order valence-electron chi connectivity index (χ3n) is 3.78. The lowest BCUT2D eigenvalue weighted by molar-refractivity contribution is -0.118. The van der Waals surface area contributed by atoms with Crippen LogP contribution in [0, 0.1) is 5.82 Å². The Morgan fingerprint density at radius 2 is 1.70 bits per heavy atom. The molecule has 2 aromatic rings. The molecule has 2 atom stereocenters. The molecule has 0 aliphatic carbocycles. The molecule has 1 unspecified atom stereocenters. The van der Waals surface area contributed by atoms with E-state index in [4.69, 9.17) is 22.3 Å². The second-order valence-corrected chi connectivity index (χ2v) is 8.10. The maximum atomic E-state index is 13.6. The molecule has 3 rings (SSSR count). The number of thioether (sulfide) groups is 1. The number of ether oxygens (including phenoxy) is 1. The summed E-state index contributed by atoms with van der Waals surface area (Å²) in [6.07, 6.45) is -0.620. The third-order valence-corrected chi connectivity index (χ3v) is 4.76. The fraction of sp³-hybridized carbons (Fsp3) is 0.222. The first-order valence-electron chi connectivity index (χ1n) is 8.38. The SMILES string of the molecule is O=C1NC(=O)C(Cc2ccc(OC[C@@H](O)c3ccccc3F)cc2)S1.O=S(=O)(O)O. The maximum Gasteiger partial charge on any atom is 0.394 e. The van der Waals surface area contributed by atoms with E-state index in [1.165, 1.54) is 12.1 Å². The molecule has 12 heteroatoms. The summed E-state index contributed by atoms with van der Waals surface area (Å²) in [6.45, 7) is -0.0737. The average molecular weight is 459 g/mol. The van der Waals surface area contributed by atoms with Crippen LogP contribution < -0.4 is 10.1 Å². The molecule has 2 amide bonds. The Bertz CT molecular complexity index is 990. The van der Waals surface area contributed by atoms with E-state index in [1.54, 1.807) is 36.4 Å². The number of benzene rings is 2. The number of aliphatic hydroxyl groups is 1. The molecule has 9 nitrogen and oxygen atoms in total. The Balaban J connectivity index is 0.000000575. The summed E-state index contributed by atoms with van der Waals surface area (Å²) in [6, 6.07) is 13.0. The van der Waals surface area contributed by atoms with Crippen LogP contribution in [0.5, 0.6) is 5.75 Å². The fourth-order valence-electron chi connectivity index (χ4n) is 2.47. The summed E-state index contributed by atoms with van der Waals surface area (Å²) < 4.78 is 50.7. The van der Waals surface area contributed by atoms with Gasteiger partial charge in [0.2, 0.25) is 5.91 Å². The van der Waals surface area contributed by atoms with Crippen LogP contribution in [-0.2, 0) is 21.6 Å². The highest BCUT2D eigenvalue weighted by molar-refractivity contribution is 8.15. The Morgan fingerprint density at radius 1 is 1.10 bits per heavy atom. The predicted octanol–water partition coefficient (Wildman–Crippen LogP) is 2.18. The fourth-order valence-corrected chi connectivity index (χ4v) is 3.33. The normalized spacial score (nSPS) is 17.0. The van der Waals surface area contributed by atoms with E-state index in [0.717, 1.165) is 17.3 Å². The minimum absolute atomic E-state index is 0.0737. The molecule has 0 bridgehead atoms. The number of hydrogen-bond donors (Lipinski definition) is 4. The summed E-state index contributed by atoms with van der Waals surface area (Å²) in [5, 5.41) is 11.5. The summed E-state index contributed by atoms with van der Waals surface area (Å²) in [5.41, 5.74) is 1.08. The monoisotopic (exact) mass is 459 g/mol. The standard InChI is InChI=1S/C18H16FNO4S.H2O4S/c19-14-4-2-1-3-13(14)15(21)10-24-12-7-5-11(6-8-12)9-16-17(22)20-18(23)25-16;1-5(2,3)4/h1-8,15-16,21H,9-10H2,(H,20,22,23);(H2,1,2,3,4)/t15-,16?;/m1./s1. The number of imide groups is 1. The van der Waals surface area contributed by atoms with E-state index >= 15 is 0 Å². The van der Waals surface area contributed by atoms with Crippen LogP contribution in [0.15, 0.2) is 48.5 Å². The largest absolute Gasteiger partial charge is 0.491 e. The van der Waals surface area contributed by atoms with Crippen molar-refractivity contribution in [3.8, 4) is 5.75 Å². The van der Waals surface area contributed by atoms with Crippen molar-refractivity contribution in [2.24, 2.45) is 0 Å². The molecule has 1 heterocycles. The van der Waals surface area contributed by atoms with Crippen molar-refractivity contribution in [1.82, 2.24) is 5.32 Å². The van der Waals surface area contributed by atoms with Gasteiger partial charge in [0.25, 0.3) is 5.24 Å². The van der Waals surface area contributed by atoms with Crippen LogP contribution in [0.2, 0.25) is 0 Å². The van der Waals surface area contributed by atoms with Crippen LogP contribution in [0.3, 0.4) is 0 Å². The molecule has 1 aliphatic rings. The second kappa shape index (κ2) is 10.5. The number of nitrogens with one attached hydrogen (secondary N) is 1. The van der Waals surface area contributed by atoms with Gasteiger partial charge in [-0.1, -0.05) is 42.1 Å². The summed E-state index contributed by atoms with van der Waals surface area (Å²) in [5.74, 6) is -0.224. The van der Waals surface area contributed by atoms with Crippen molar-refractivity contribution in [3.63, 3.8) is 0 Å². The van der Waals surface area contributed by atoms with Gasteiger partial charge in [-0.15, -0.1) is 0 Å². The maximum absolute atomic E-state index is 13.6. The van der Waals surface area contributed by atoms with E-state index in [2.05, 4.69) is 5.32 Å². The molecule has 0 saturated carbocycles. The first-order chi connectivity index (χ1) is 14.0. The van der Waals surface area contributed by atoms with E-state index in [9.17, 15) is 19.1 Å². The minimum Gasteiger partial charge on any atom is -0.491 e. The van der Waals surface area contributed by atoms with Crippen molar-refractivity contribution in [2.45, 2.75) is 17.8 Å². The van der Waals surface area contributed by atoms with Gasteiger partial charge in [0.1, 0.15) is 24.3 Å². The highest BCUT2D eigenvalue weighted by Gasteiger charge is 2.31. The highest BCUT2D eigenvalue weighted by Crippen LogP contribution is 2.24. The molecular formula is C18H18FNO8S2. The lowest BCUT2D eigenvalue weighted by Crippen LogP contribution is -2.25.